The van der Waals surface area contributed by atoms with Crippen molar-refractivity contribution >= 4 is 5.82 Å². The first-order valence-corrected chi connectivity index (χ1v) is 8.34. The lowest BCUT2D eigenvalue weighted by atomic mass is 9.40. The van der Waals surface area contributed by atoms with Crippen molar-refractivity contribution in [1.29, 1.82) is 0 Å². The number of nitrogens with two attached hydrogens (primary N) is 1. The maximum atomic E-state index is 6.16. The molecule has 114 valence electrons. The summed E-state index contributed by atoms with van der Waals surface area (Å²) in [6.45, 7) is 9.08. The van der Waals surface area contributed by atoms with Crippen molar-refractivity contribution in [1.82, 2.24) is 9.97 Å². The molecule has 2 atom stereocenters. The van der Waals surface area contributed by atoms with Gasteiger partial charge in [0.1, 0.15) is 11.6 Å². The van der Waals surface area contributed by atoms with Crippen molar-refractivity contribution in [3.8, 4) is 0 Å². The van der Waals surface area contributed by atoms with Crippen molar-refractivity contribution in [3.05, 3.63) is 17.1 Å². The third-order valence-electron chi connectivity index (χ3n) is 6.53. The van der Waals surface area contributed by atoms with Gasteiger partial charge in [-0.25, -0.2) is 9.97 Å². The van der Waals surface area contributed by atoms with Crippen LogP contribution in [0.1, 0.15) is 69.5 Å². The fraction of sp³-hybridized carbons (Fsp3) is 0.778. The summed E-state index contributed by atoms with van der Waals surface area (Å²) in [4.78, 5) is 9.65. The zero-order valence-electron chi connectivity index (χ0n) is 13.8. The molecule has 3 nitrogen and oxygen atoms in total. The number of rotatable bonds is 1. The van der Waals surface area contributed by atoms with Crippen molar-refractivity contribution < 1.29 is 0 Å². The van der Waals surface area contributed by atoms with Gasteiger partial charge in [0.2, 0.25) is 0 Å². The maximum absolute atomic E-state index is 6.16. The molecule has 0 radical (unpaired) electrons. The molecule has 21 heavy (non-hydrogen) atoms. The Balaban J connectivity index is 1.84. The Hall–Kier alpha value is -1.12. The molecule has 3 heteroatoms. The zero-order chi connectivity index (χ0) is 15.0. The summed E-state index contributed by atoms with van der Waals surface area (Å²) in [6, 6.07) is 0. The molecule has 4 bridgehead atoms. The molecule has 4 saturated carbocycles. The van der Waals surface area contributed by atoms with Gasteiger partial charge >= 0.3 is 0 Å². The summed E-state index contributed by atoms with van der Waals surface area (Å²) >= 11 is 0. The summed E-state index contributed by atoms with van der Waals surface area (Å²) < 4.78 is 0. The number of anilines is 1. The molecule has 1 aromatic heterocycles. The molecule has 2 N–H and O–H groups in total. The van der Waals surface area contributed by atoms with Crippen LogP contribution in [0, 0.1) is 30.6 Å². The van der Waals surface area contributed by atoms with Crippen molar-refractivity contribution in [2.24, 2.45) is 16.7 Å². The lowest BCUT2D eigenvalue weighted by Gasteiger charge is -2.64. The average Bonchev–Trinajstić information content (AvgIpc) is 2.30. The largest absolute Gasteiger partial charge is 0.383 e. The molecule has 0 amide bonds. The minimum absolute atomic E-state index is 0.190. The van der Waals surface area contributed by atoms with E-state index in [0.717, 1.165) is 23.0 Å². The van der Waals surface area contributed by atoms with Gasteiger partial charge in [-0.1, -0.05) is 13.8 Å². The van der Waals surface area contributed by atoms with Crippen molar-refractivity contribution in [2.75, 3.05) is 5.73 Å². The highest BCUT2D eigenvalue weighted by molar-refractivity contribution is 5.42. The van der Waals surface area contributed by atoms with Gasteiger partial charge in [-0.05, 0) is 69.1 Å². The first kappa shape index (κ1) is 13.5. The van der Waals surface area contributed by atoms with Gasteiger partial charge in [-0.2, -0.15) is 0 Å². The van der Waals surface area contributed by atoms with Gasteiger partial charge < -0.3 is 5.73 Å². The van der Waals surface area contributed by atoms with Crippen LogP contribution in [0.3, 0.4) is 0 Å². The van der Waals surface area contributed by atoms with Crippen molar-refractivity contribution in [2.45, 2.75) is 71.6 Å². The quantitative estimate of drug-likeness (QED) is 0.850. The maximum Gasteiger partial charge on any atom is 0.137 e. The van der Waals surface area contributed by atoms with Gasteiger partial charge in [-0.3, -0.25) is 0 Å². The zero-order valence-corrected chi connectivity index (χ0v) is 13.8. The molecule has 5 rings (SSSR count). The van der Waals surface area contributed by atoms with Crippen LogP contribution in [0.15, 0.2) is 0 Å². The summed E-state index contributed by atoms with van der Waals surface area (Å²) in [7, 11) is 0. The monoisotopic (exact) mass is 285 g/mol. The predicted molar refractivity (Wildman–Crippen MR) is 85.0 cm³/mol. The number of nitrogen functional groups attached to an aromatic ring is 1. The van der Waals surface area contributed by atoms with E-state index in [1.165, 1.54) is 38.5 Å². The standard InChI is InChI=1S/C18H27N3/c1-11-12(2)20-15(21-14(11)19)18-7-13-5-16(3,9-18)8-17(4,6-13)10-18/h13H,5-10H2,1-4H3,(H2,19,20,21). The van der Waals surface area contributed by atoms with Crippen molar-refractivity contribution in [3.63, 3.8) is 0 Å². The number of hydrogen-bond donors (Lipinski definition) is 1. The highest BCUT2D eigenvalue weighted by atomic mass is 15.0. The van der Waals surface area contributed by atoms with Gasteiger partial charge in [0.15, 0.2) is 0 Å². The van der Waals surface area contributed by atoms with Crippen LogP contribution in [0.25, 0.3) is 0 Å². The lowest BCUT2D eigenvalue weighted by molar-refractivity contribution is -0.112. The van der Waals surface area contributed by atoms with Crippen LogP contribution < -0.4 is 5.73 Å². The molecular weight excluding hydrogens is 258 g/mol. The van der Waals surface area contributed by atoms with E-state index in [0.29, 0.717) is 16.6 Å². The number of hydrogen-bond acceptors (Lipinski definition) is 3. The summed E-state index contributed by atoms with van der Waals surface area (Å²) in [6.07, 6.45) is 8.00. The van der Waals surface area contributed by atoms with Gasteiger partial charge in [-0.15, -0.1) is 0 Å². The molecule has 0 aliphatic heterocycles. The Morgan fingerprint density at radius 3 is 2.10 bits per heavy atom. The molecule has 0 aromatic carbocycles. The number of aryl methyl sites for hydroxylation is 1. The molecule has 4 aliphatic carbocycles. The molecular formula is C18H27N3. The molecule has 2 unspecified atom stereocenters. The Morgan fingerprint density at radius 1 is 0.952 bits per heavy atom. The topological polar surface area (TPSA) is 51.8 Å². The Labute approximate surface area is 127 Å². The van der Waals surface area contributed by atoms with Crippen LogP contribution in [-0.2, 0) is 5.41 Å². The average molecular weight is 285 g/mol. The number of aromatic nitrogens is 2. The van der Waals surface area contributed by atoms with Crippen LogP contribution in [0.2, 0.25) is 0 Å². The summed E-state index contributed by atoms with van der Waals surface area (Å²) in [5.41, 5.74) is 9.43. The van der Waals surface area contributed by atoms with Crippen LogP contribution in [0.5, 0.6) is 0 Å². The molecule has 0 saturated heterocycles. The molecule has 0 spiro atoms. The minimum atomic E-state index is 0.190. The highest BCUT2D eigenvalue weighted by Crippen LogP contribution is 2.69. The Bertz CT molecular complexity index is 580. The van der Waals surface area contributed by atoms with E-state index in [2.05, 4.69) is 20.8 Å². The molecule has 1 heterocycles. The summed E-state index contributed by atoms with van der Waals surface area (Å²) in [5, 5.41) is 0. The Kier molecular flexibility index (Phi) is 2.45. The molecule has 1 aromatic rings. The third-order valence-corrected chi connectivity index (χ3v) is 6.53. The minimum Gasteiger partial charge on any atom is -0.383 e. The van der Waals surface area contributed by atoms with E-state index >= 15 is 0 Å². The third kappa shape index (κ3) is 1.85. The van der Waals surface area contributed by atoms with E-state index in [1.54, 1.807) is 0 Å². The second-order valence-corrected chi connectivity index (χ2v) is 9.05. The van der Waals surface area contributed by atoms with Gasteiger partial charge in [0.05, 0.1) is 0 Å². The summed E-state index contributed by atoms with van der Waals surface area (Å²) in [5.74, 6) is 2.59. The molecule has 4 fully saturated rings. The smallest absolute Gasteiger partial charge is 0.137 e. The second-order valence-electron chi connectivity index (χ2n) is 9.05. The van der Waals surface area contributed by atoms with Gasteiger partial charge in [0.25, 0.3) is 0 Å². The fourth-order valence-corrected chi connectivity index (χ4v) is 6.59. The van der Waals surface area contributed by atoms with E-state index < -0.39 is 0 Å². The SMILES string of the molecule is Cc1nc(C23CC4CC(C)(CC(C)(C4)C2)C3)nc(N)c1C. The van der Waals surface area contributed by atoms with Gasteiger partial charge in [0, 0.05) is 16.7 Å². The highest BCUT2D eigenvalue weighted by Gasteiger charge is 2.61. The second kappa shape index (κ2) is 3.80. The first-order valence-electron chi connectivity index (χ1n) is 8.34. The van der Waals surface area contributed by atoms with E-state index in [9.17, 15) is 0 Å². The van der Waals surface area contributed by atoms with E-state index in [4.69, 9.17) is 15.7 Å². The first-order chi connectivity index (χ1) is 9.73. The van der Waals surface area contributed by atoms with Crippen LogP contribution >= 0.6 is 0 Å². The predicted octanol–water partition coefficient (Wildman–Crippen LogP) is 3.92. The van der Waals surface area contributed by atoms with Crippen LogP contribution in [0.4, 0.5) is 5.82 Å². The van der Waals surface area contributed by atoms with E-state index in [1.807, 2.05) is 6.92 Å². The lowest BCUT2D eigenvalue weighted by Crippen LogP contribution is -2.57. The van der Waals surface area contributed by atoms with Crippen LogP contribution in [-0.4, -0.2) is 9.97 Å². The Morgan fingerprint density at radius 2 is 1.57 bits per heavy atom. The molecule has 4 aliphatic rings. The normalized spacial score (nSPS) is 44.3. The fourth-order valence-electron chi connectivity index (χ4n) is 6.59. The number of nitrogens with zero attached hydrogens (tertiary/aromatic N) is 2. The van der Waals surface area contributed by atoms with E-state index in [-0.39, 0.29) is 5.41 Å².